The van der Waals surface area contributed by atoms with Crippen molar-refractivity contribution in [2.45, 2.75) is 26.8 Å². The first-order valence-electron chi connectivity index (χ1n) is 6.80. The van der Waals surface area contributed by atoms with E-state index in [0.29, 0.717) is 6.04 Å². The van der Waals surface area contributed by atoms with Crippen LogP contribution in [0.4, 0.5) is 5.82 Å². The molecule has 5 heteroatoms. The van der Waals surface area contributed by atoms with Crippen molar-refractivity contribution in [2.75, 3.05) is 31.1 Å². The third-order valence-electron chi connectivity index (χ3n) is 3.65. The first kappa shape index (κ1) is 13.8. The summed E-state index contributed by atoms with van der Waals surface area (Å²) in [5.74, 6) is 0.949. The Bertz CT molecular complexity index is 461. The minimum Gasteiger partial charge on any atom is -0.384 e. The van der Waals surface area contributed by atoms with Gasteiger partial charge in [-0.25, -0.2) is 4.98 Å². The van der Waals surface area contributed by atoms with Crippen LogP contribution in [0.2, 0.25) is 0 Å². The molecule has 0 atom stereocenters. The molecule has 0 aromatic carbocycles. The van der Waals surface area contributed by atoms with Gasteiger partial charge in [-0.2, -0.15) is 0 Å². The number of hydrogen-bond donors (Lipinski definition) is 2. The Kier molecular flexibility index (Phi) is 4.04. The van der Waals surface area contributed by atoms with Crippen molar-refractivity contribution >= 4 is 11.7 Å². The Balaban J connectivity index is 2.19. The molecule has 1 fully saturated rings. The molecule has 0 radical (unpaired) electrons. The van der Waals surface area contributed by atoms with Gasteiger partial charge in [0.05, 0.1) is 5.56 Å². The van der Waals surface area contributed by atoms with Gasteiger partial charge < -0.3 is 10.6 Å². The number of nitrogens with zero attached hydrogens (tertiary/aromatic N) is 3. The predicted octanol–water partition coefficient (Wildman–Crippen LogP) is 1.20. The van der Waals surface area contributed by atoms with Crippen LogP contribution in [-0.2, 0) is 0 Å². The van der Waals surface area contributed by atoms with Crippen LogP contribution in [0.25, 0.3) is 0 Å². The second-order valence-corrected chi connectivity index (χ2v) is 5.35. The molecule has 1 aliphatic heterocycles. The summed E-state index contributed by atoms with van der Waals surface area (Å²) >= 11 is 0. The molecule has 19 heavy (non-hydrogen) atoms. The van der Waals surface area contributed by atoms with E-state index in [1.807, 2.05) is 19.1 Å². The highest BCUT2D eigenvalue weighted by atomic mass is 15.3. The number of pyridine rings is 1. The second-order valence-electron chi connectivity index (χ2n) is 5.35. The molecule has 1 aliphatic rings. The average molecular weight is 261 g/mol. The summed E-state index contributed by atoms with van der Waals surface area (Å²) in [5.41, 5.74) is 7.36. The van der Waals surface area contributed by atoms with Gasteiger partial charge in [0, 0.05) is 37.9 Å². The van der Waals surface area contributed by atoms with Crippen LogP contribution in [0.3, 0.4) is 0 Å². The van der Waals surface area contributed by atoms with Gasteiger partial charge >= 0.3 is 0 Å². The summed E-state index contributed by atoms with van der Waals surface area (Å²) in [6.45, 7) is 10.4. The van der Waals surface area contributed by atoms with E-state index in [9.17, 15) is 0 Å². The topological polar surface area (TPSA) is 69.2 Å². The molecule has 104 valence electrons. The zero-order valence-corrected chi connectivity index (χ0v) is 12.0. The number of aromatic nitrogens is 1. The maximum atomic E-state index is 7.67. The van der Waals surface area contributed by atoms with Crippen molar-refractivity contribution in [3.05, 3.63) is 23.4 Å². The number of nitrogens with two attached hydrogens (primary N) is 1. The monoisotopic (exact) mass is 261 g/mol. The fraction of sp³-hybridized carbons (Fsp3) is 0.571. The van der Waals surface area contributed by atoms with Crippen molar-refractivity contribution in [3.8, 4) is 0 Å². The van der Waals surface area contributed by atoms with Crippen LogP contribution >= 0.6 is 0 Å². The number of hydrogen-bond acceptors (Lipinski definition) is 4. The minimum absolute atomic E-state index is 0.0915. The maximum Gasteiger partial charge on any atom is 0.139 e. The van der Waals surface area contributed by atoms with E-state index in [-0.39, 0.29) is 5.84 Å². The highest BCUT2D eigenvalue weighted by Crippen LogP contribution is 2.20. The van der Waals surface area contributed by atoms with Gasteiger partial charge in [0.1, 0.15) is 11.7 Å². The molecule has 0 unspecified atom stereocenters. The Morgan fingerprint density at radius 2 is 1.89 bits per heavy atom. The SMILES string of the molecule is Cc1ccc(C(=N)N)c(N2CCN(C(C)C)CC2)n1. The van der Waals surface area contributed by atoms with E-state index >= 15 is 0 Å². The molecule has 0 aliphatic carbocycles. The smallest absolute Gasteiger partial charge is 0.139 e. The molecule has 1 saturated heterocycles. The lowest BCUT2D eigenvalue weighted by atomic mass is 10.1. The average Bonchev–Trinajstić information content (AvgIpc) is 2.38. The number of rotatable bonds is 3. The van der Waals surface area contributed by atoms with Crippen LogP contribution < -0.4 is 10.6 Å². The van der Waals surface area contributed by atoms with Crippen molar-refractivity contribution < 1.29 is 0 Å². The van der Waals surface area contributed by atoms with E-state index in [1.54, 1.807) is 0 Å². The lowest BCUT2D eigenvalue weighted by Gasteiger charge is -2.38. The fourth-order valence-corrected chi connectivity index (χ4v) is 2.44. The third kappa shape index (κ3) is 3.04. The molecular weight excluding hydrogens is 238 g/mol. The second kappa shape index (κ2) is 5.57. The number of amidine groups is 1. The minimum atomic E-state index is 0.0915. The molecule has 0 spiro atoms. The Labute approximate surface area is 114 Å². The molecule has 1 aromatic heterocycles. The molecule has 5 nitrogen and oxygen atoms in total. The summed E-state index contributed by atoms with van der Waals surface area (Å²) in [4.78, 5) is 9.27. The van der Waals surface area contributed by atoms with Crippen molar-refractivity contribution in [1.82, 2.24) is 9.88 Å². The number of aryl methyl sites for hydroxylation is 1. The highest BCUT2D eigenvalue weighted by molar-refractivity contribution is 5.99. The first-order valence-corrected chi connectivity index (χ1v) is 6.80. The molecule has 0 bridgehead atoms. The van der Waals surface area contributed by atoms with E-state index in [4.69, 9.17) is 11.1 Å². The van der Waals surface area contributed by atoms with E-state index in [1.165, 1.54) is 0 Å². The molecule has 2 heterocycles. The lowest BCUT2D eigenvalue weighted by molar-refractivity contribution is 0.209. The zero-order chi connectivity index (χ0) is 14.0. The summed E-state index contributed by atoms with van der Waals surface area (Å²) in [5, 5.41) is 7.67. The van der Waals surface area contributed by atoms with Crippen molar-refractivity contribution in [3.63, 3.8) is 0 Å². The third-order valence-corrected chi connectivity index (χ3v) is 3.65. The van der Waals surface area contributed by atoms with Gasteiger partial charge in [0.25, 0.3) is 0 Å². The molecule has 0 amide bonds. The number of nitrogen functional groups attached to an aromatic ring is 1. The maximum absolute atomic E-state index is 7.67. The first-order chi connectivity index (χ1) is 8.99. The molecule has 0 saturated carbocycles. The Hall–Kier alpha value is -1.62. The zero-order valence-electron chi connectivity index (χ0n) is 12.0. The van der Waals surface area contributed by atoms with Gasteiger partial charge in [-0.05, 0) is 32.9 Å². The number of nitrogens with one attached hydrogen (secondary N) is 1. The summed E-state index contributed by atoms with van der Waals surface area (Å²) < 4.78 is 0. The Morgan fingerprint density at radius 1 is 1.26 bits per heavy atom. The van der Waals surface area contributed by atoms with Gasteiger partial charge in [0.2, 0.25) is 0 Å². The van der Waals surface area contributed by atoms with Crippen molar-refractivity contribution in [2.24, 2.45) is 5.73 Å². The highest BCUT2D eigenvalue weighted by Gasteiger charge is 2.22. The van der Waals surface area contributed by atoms with Gasteiger partial charge in [-0.15, -0.1) is 0 Å². The summed E-state index contributed by atoms with van der Waals surface area (Å²) in [6, 6.07) is 4.39. The normalized spacial score (nSPS) is 16.9. The largest absolute Gasteiger partial charge is 0.384 e. The van der Waals surface area contributed by atoms with Crippen LogP contribution in [0.5, 0.6) is 0 Å². The van der Waals surface area contributed by atoms with Gasteiger partial charge in [-0.1, -0.05) is 0 Å². The van der Waals surface area contributed by atoms with E-state index in [2.05, 4.69) is 28.6 Å². The van der Waals surface area contributed by atoms with Crippen LogP contribution in [0.1, 0.15) is 25.1 Å². The molecule has 2 rings (SSSR count). The quantitative estimate of drug-likeness (QED) is 0.634. The molecule has 3 N–H and O–H groups in total. The van der Waals surface area contributed by atoms with Crippen LogP contribution in [0, 0.1) is 12.3 Å². The standard InChI is InChI=1S/C14H23N5/c1-10(2)18-6-8-19(9-7-18)14-12(13(15)16)5-4-11(3)17-14/h4-5,10H,6-9H2,1-3H3,(H3,15,16). The molecular formula is C14H23N5. The van der Waals surface area contributed by atoms with E-state index < -0.39 is 0 Å². The van der Waals surface area contributed by atoms with Crippen LogP contribution in [-0.4, -0.2) is 47.9 Å². The number of anilines is 1. The van der Waals surface area contributed by atoms with Crippen LogP contribution in [0.15, 0.2) is 12.1 Å². The fourth-order valence-electron chi connectivity index (χ4n) is 2.44. The van der Waals surface area contributed by atoms with Gasteiger partial charge in [0.15, 0.2) is 0 Å². The molecule has 1 aromatic rings. The number of piperazine rings is 1. The van der Waals surface area contributed by atoms with Crippen molar-refractivity contribution in [1.29, 1.82) is 5.41 Å². The Morgan fingerprint density at radius 3 is 2.42 bits per heavy atom. The lowest BCUT2D eigenvalue weighted by Crippen LogP contribution is -2.49. The predicted molar refractivity (Wildman–Crippen MR) is 78.9 cm³/mol. The van der Waals surface area contributed by atoms with Gasteiger partial charge in [-0.3, -0.25) is 10.3 Å². The van der Waals surface area contributed by atoms with E-state index in [0.717, 1.165) is 43.3 Å². The summed E-state index contributed by atoms with van der Waals surface area (Å²) in [7, 11) is 0. The summed E-state index contributed by atoms with van der Waals surface area (Å²) in [6.07, 6.45) is 0.